The Morgan fingerprint density at radius 3 is 2.06 bits per heavy atom. The van der Waals surface area contributed by atoms with Gasteiger partial charge in [-0.05, 0) is 98.8 Å². The summed E-state index contributed by atoms with van der Waals surface area (Å²) in [7, 11) is 0. The van der Waals surface area contributed by atoms with Gasteiger partial charge in [0.15, 0.2) is 5.83 Å². The molecular weight excluding hydrogens is 400 g/mol. The minimum absolute atomic E-state index is 0.144. The van der Waals surface area contributed by atoms with E-state index in [9.17, 15) is 8.78 Å². The molecule has 174 valence electrons. The summed E-state index contributed by atoms with van der Waals surface area (Å²) in [4.78, 5) is 0. The number of hydrogen-bond acceptors (Lipinski definition) is 1. The van der Waals surface area contributed by atoms with Crippen molar-refractivity contribution in [2.24, 2.45) is 23.7 Å². The van der Waals surface area contributed by atoms with Gasteiger partial charge in [0, 0.05) is 0 Å². The van der Waals surface area contributed by atoms with E-state index in [0.29, 0.717) is 0 Å². The van der Waals surface area contributed by atoms with Crippen LogP contribution in [0.2, 0.25) is 0 Å². The number of hydrogen-bond donors (Lipinski definition) is 0. The van der Waals surface area contributed by atoms with Crippen LogP contribution < -0.4 is 0 Å². The number of benzene rings is 1. The van der Waals surface area contributed by atoms with E-state index >= 15 is 0 Å². The number of unbranched alkanes of at least 4 members (excludes halogenated alkanes) is 1. The maximum Gasteiger partial charge on any atom is 0.199 e. The fourth-order valence-electron chi connectivity index (χ4n) is 5.93. The van der Waals surface area contributed by atoms with Gasteiger partial charge in [-0.1, -0.05) is 62.8 Å². The van der Waals surface area contributed by atoms with Gasteiger partial charge in [0.05, 0.1) is 0 Å². The van der Waals surface area contributed by atoms with Crippen LogP contribution in [-0.2, 0) is 6.42 Å². The van der Waals surface area contributed by atoms with E-state index in [4.69, 9.17) is 5.26 Å². The molecule has 0 saturated heterocycles. The molecule has 0 radical (unpaired) electrons. The van der Waals surface area contributed by atoms with Crippen molar-refractivity contribution < 1.29 is 8.78 Å². The van der Waals surface area contributed by atoms with Crippen LogP contribution >= 0.6 is 0 Å². The molecule has 2 aliphatic carbocycles. The Balaban J connectivity index is 1.24. The van der Waals surface area contributed by atoms with Crippen molar-refractivity contribution in [2.45, 2.75) is 89.9 Å². The average molecular weight is 440 g/mol. The van der Waals surface area contributed by atoms with Crippen LogP contribution in [0, 0.1) is 40.8 Å². The quantitative estimate of drug-likeness (QED) is 0.203. The number of aryl methyl sites for hydroxylation is 1. The molecule has 0 aromatic heterocycles. The first-order valence-corrected chi connectivity index (χ1v) is 12.8. The molecule has 1 aromatic carbocycles. The van der Waals surface area contributed by atoms with Gasteiger partial charge < -0.3 is 0 Å². The van der Waals surface area contributed by atoms with E-state index in [2.05, 4.69) is 0 Å². The highest BCUT2D eigenvalue weighted by molar-refractivity contribution is 5.18. The van der Waals surface area contributed by atoms with Crippen molar-refractivity contribution in [1.82, 2.24) is 0 Å². The van der Waals surface area contributed by atoms with Crippen molar-refractivity contribution in [2.75, 3.05) is 0 Å². The smallest absolute Gasteiger partial charge is 0.199 e. The van der Waals surface area contributed by atoms with Crippen LogP contribution in [0.4, 0.5) is 8.78 Å². The van der Waals surface area contributed by atoms with Gasteiger partial charge in [0.2, 0.25) is 0 Å². The molecule has 32 heavy (non-hydrogen) atoms. The highest BCUT2D eigenvalue weighted by Gasteiger charge is 2.30. The summed E-state index contributed by atoms with van der Waals surface area (Å²) in [6.45, 7) is 0. The largest absolute Gasteiger partial charge is 0.207 e. The fraction of sp³-hybridized carbons (Fsp3) is 0.621. The second-order valence-electron chi connectivity index (χ2n) is 10.1. The van der Waals surface area contributed by atoms with Crippen LogP contribution in [0.5, 0.6) is 0 Å². The Morgan fingerprint density at radius 1 is 0.875 bits per heavy atom. The zero-order valence-corrected chi connectivity index (χ0v) is 19.5. The first kappa shape index (κ1) is 24.7. The highest BCUT2D eigenvalue weighted by Crippen LogP contribution is 2.43. The van der Waals surface area contributed by atoms with Crippen LogP contribution in [0.1, 0.15) is 89.0 Å². The third-order valence-corrected chi connectivity index (χ3v) is 7.92. The molecule has 0 spiro atoms. The van der Waals surface area contributed by atoms with E-state index in [0.717, 1.165) is 36.5 Å². The summed E-state index contributed by atoms with van der Waals surface area (Å²) in [5, 5.41) is 8.40. The SMILES string of the molecule is N#CC(F)=CC=CCC[C@H]1CC[C@H]([C@H]2CC[C@H](CCCCc3ccc(F)cc3)CC2)CC1. The predicted molar refractivity (Wildman–Crippen MR) is 128 cm³/mol. The summed E-state index contributed by atoms with van der Waals surface area (Å²) in [5.41, 5.74) is 1.26. The zero-order valence-electron chi connectivity index (χ0n) is 19.5. The number of allylic oxidation sites excluding steroid dienone is 4. The molecule has 2 saturated carbocycles. The van der Waals surface area contributed by atoms with E-state index in [1.54, 1.807) is 18.2 Å². The van der Waals surface area contributed by atoms with Gasteiger partial charge in [-0.15, -0.1) is 0 Å². The maximum atomic E-state index is 13.0. The van der Waals surface area contributed by atoms with Gasteiger partial charge in [-0.3, -0.25) is 0 Å². The van der Waals surface area contributed by atoms with Gasteiger partial charge in [0.1, 0.15) is 11.9 Å². The lowest BCUT2D eigenvalue weighted by Crippen LogP contribution is -2.25. The topological polar surface area (TPSA) is 23.8 Å². The minimum Gasteiger partial charge on any atom is -0.207 e. The summed E-state index contributed by atoms with van der Waals surface area (Å²) >= 11 is 0. The first-order chi connectivity index (χ1) is 15.6. The van der Waals surface area contributed by atoms with Crippen molar-refractivity contribution in [3.05, 3.63) is 59.7 Å². The Kier molecular flexibility index (Phi) is 10.5. The van der Waals surface area contributed by atoms with E-state index in [-0.39, 0.29) is 5.82 Å². The molecule has 0 bridgehead atoms. The Morgan fingerprint density at radius 2 is 1.47 bits per heavy atom. The van der Waals surface area contributed by atoms with E-state index in [1.165, 1.54) is 94.8 Å². The summed E-state index contributed by atoms with van der Waals surface area (Å²) < 4.78 is 25.7. The minimum atomic E-state index is -0.721. The standard InChI is InChI=1S/C29H39F2N/c30-28-20-14-25(15-21-28)8-5-4-7-24-12-18-27(19-13-24)26-16-10-23(11-17-26)6-2-1-3-9-29(31)22-32/h1,3,9,14-15,20-21,23-24,26-27H,2,4-8,10-13,16-19H2/t23-,24-,26-,27-. The van der Waals surface area contributed by atoms with Crippen LogP contribution in [-0.4, -0.2) is 0 Å². The number of nitriles is 1. The third kappa shape index (κ3) is 8.53. The van der Waals surface area contributed by atoms with Gasteiger partial charge in [-0.2, -0.15) is 9.65 Å². The molecule has 0 heterocycles. The van der Waals surface area contributed by atoms with Crippen molar-refractivity contribution in [1.29, 1.82) is 5.26 Å². The number of rotatable bonds is 10. The second kappa shape index (κ2) is 13.6. The van der Waals surface area contributed by atoms with E-state index < -0.39 is 5.83 Å². The number of nitrogens with zero attached hydrogens (tertiary/aromatic N) is 1. The molecule has 0 unspecified atom stereocenters. The second-order valence-corrected chi connectivity index (χ2v) is 10.1. The maximum absolute atomic E-state index is 13.0. The molecule has 3 rings (SSSR count). The fourth-order valence-corrected chi connectivity index (χ4v) is 5.93. The lowest BCUT2D eigenvalue weighted by atomic mass is 9.68. The number of halogens is 2. The Hall–Kier alpha value is -1.95. The van der Waals surface area contributed by atoms with Gasteiger partial charge in [-0.25, -0.2) is 4.39 Å². The van der Waals surface area contributed by atoms with Gasteiger partial charge in [0.25, 0.3) is 0 Å². The van der Waals surface area contributed by atoms with Crippen molar-refractivity contribution >= 4 is 0 Å². The Bertz CT molecular complexity index is 757. The zero-order chi connectivity index (χ0) is 22.6. The molecule has 0 aliphatic heterocycles. The molecular formula is C29H39F2N. The van der Waals surface area contributed by atoms with Crippen LogP contribution in [0.3, 0.4) is 0 Å². The average Bonchev–Trinajstić information content (AvgIpc) is 2.83. The molecule has 2 aliphatic rings. The molecule has 0 amide bonds. The summed E-state index contributed by atoms with van der Waals surface area (Å²) in [6.07, 6.45) is 23.2. The normalized spacial score (nSPS) is 26.8. The molecule has 0 N–H and O–H groups in total. The predicted octanol–water partition coefficient (Wildman–Crippen LogP) is 8.86. The lowest BCUT2D eigenvalue weighted by molar-refractivity contribution is 0.140. The molecule has 1 nitrogen and oxygen atoms in total. The molecule has 1 aromatic rings. The highest BCUT2D eigenvalue weighted by atomic mass is 19.1. The van der Waals surface area contributed by atoms with Gasteiger partial charge >= 0.3 is 0 Å². The van der Waals surface area contributed by atoms with E-state index in [1.807, 2.05) is 18.2 Å². The molecule has 0 atom stereocenters. The Labute approximate surface area is 193 Å². The first-order valence-electron chi connectivity index (χ1n) is 12.8. The van der Waals surface area contributed by atoms with Crippen LogP contribution in [0.15, 0.2) is 48.3 Å². The summed E-state index contributed by atoms with van der Waals surface area (Å²) in [5.74, 6) is 2.76. The van der Waals surface area contributed by atoms with Crippen molar-refractivity contribution in [3.63, 3.8) is 0 Å². The monoisotopic (exact) mass is 439 g/mol. The molecule has 2 fully saturated rings. The van der Waals surface area contributed by atoms with Crippen molar-refractivity contribution in [3.8, 4) is 6.07 Å². The third-order valence-electron chi connectivity index (χ3n) is 7.92. The summed E-state index contributed by atoms with van der Waals surface area (Å²) in [6, 6.07) is 8.47. The van der Waals surface area contributed by atoms with Crippen LogP contribution in [0.25, 0.3) is 0 Å². The lowest BCUT2D eigenvalue weighted by Gasteiger charge is -2.38. The molecule has 3 heteroatoms.